The first-order chi connectivity index (χ1) is 17.7. The molecule has 9 heteroatoms. The van der Waals surface area contributed by atoms with Crippen LogP contribution in [0.4, 0.5) is 0 Å². The van der Waals surface area contributed by atoms with Crippen molar-refractivity contribution < 1.29 is 34.4 Å². The normalized spacial score (nSPS) is 19.6. The molecule has 0 radical (unpaired) electrons. The summed E-state index contributed by atoms with van der Waals surface area (Å²) in [5, 5.41) is 33.0. The highest BCUT2D eigenvalue weighted by Crippen LogP contribution is 2.47. The van der Waals surface area contributed by atoms with Crippen LogP contribution in [0.25, 0.3) is 16.6 Å². The van der Waals surface area contributed by atoms with Crippen LogP contribution in [0.1, 0.15) is 30.0 Å². The zero-order valence-corrected chi connectivity index (χ0v) is 20.8. The minimum absolute atomic E-state index is 0.0173. The Kier molecular flexibility index (Phi) is 5.95. The van der Waals surface area contributed by atoms with Gasteiger partial charge in [-0.3, -0.25) is 4.79 Å². The van der Waals surface area contributed by atoms with Crippen molar-refractivity contribution in [2.45, 2.75) is 31.8 Å². The number of aliphatic carboxylic acids is 1. The number of fused-ring (bicyclic) bond motifs is 3. The zero-order chi connectivity index (χ0) is 26.5. The summed E-state index contributed by atoms with van der Waals surface area (Å²) in [6.45, 7) is 0.711. The molecule has 9 nitrogen and oxygen atoms in total. The van der Waals surface area contributed by atoms with Gasteiger partial charge in [0.25, 0.3) is 0 Å². The van der Waals surface area contributed by atoms with Crippen LogP contribution in [0.2, 0.25) is 0 Å². The van der Waals surface area contributed by atoms with Gasteiger partial charge in [0.1, 0.15) is 17.3 Å². The number of ketones is 1. The Hall–Kier alpha value is -4.24. The van der Waals surface area contributed by atoms with E-state index in [0.717, 1.165) is 16.5 Å². The van der Waals surface area contributed by atoms with Crippen molar-refractivity contribution >= 4 is 28.4 Å². The van der Waals surface area contributed by atoms with Gasteiger partial charge in [-0.05, 0) is 49.2 Å². The summed E-state index contributed by atoms with van der Waals surface area (Å²) in [7, 11) is 3.04. The van der Waals surface area contributed by atoms with Crippen LogP contribution in [0.3, 0.4) is 0 Å². The van der Waals surface area contributed by atoms with Crippen molar-refractivity contribution in [1.82, 2.24) is 9.88 Å². The van der Waals surface area contributed by atoms with Gasteiger partial charge in [0.15, 0.2) is 11.3 Å². The number of nitrogens with zero attached hydrogens (tertiary/aromatic N) is 1. The summed E-state index contributed by atoms with van der Waals surface area (Å²) in [6, 6.07) is 11.0. The Balaban J connectivity index is 1.83. The lowest BCUT2D eigenvalue weighted by Gasteiger charge is -2.46. The van der Waals surface area contributed by atoms with E-state index in [4.69, 9.17) is 9.47 Å². The number of Topliss-reactive ketones (excluding diaryl/α,β-unsaturated/α-hetero) is 1. The lowest BCUT2D eigenvalue weighted by Crippen LogP contribution is -2.56. The summed E-state index contributed by atoms with van der Waals surface area (Å²) in [4.78, 5) is 31.1. The third-order valence-corrected chi connectivity index (χ3v) is 7.49. The van der Waals surface area contributed by atoms with Crippen molar-refractivity contribution in [3.8, 4) is 11.5 Å². The fraction of sp³-hybridized carbons (Fsp3) is 0.286. The van der Waals surface area contributed by atoms with Crippen LogP contribution in [0.15, 0.2) is 59.5 Å². The van der Waals surface area contributed by atoms with Crippen molar-refractivity contribution in [2.24, 2.45) is 0 Å². The summed E-state index contributed by atoms with van der Waals surface area (Å²) >= 11 is 0. The molecule has 1 aliphatic heterocycles. The second-order valence-electron chi connectivity index (χ2n) is 9.35. The zero-order valence-electron chi connectivity index (χ0n) is 20.8. The molecule has 1 unspecified atom stereocenters. The van der Waals surface area contributed by atoms with Gasteiger partial charge in [0.05, 0.1) is 32.1 Å². The van der Waals surface area contributed by atoms with Crippen LogP contribution >= 0.6 is 0 Å². The number of carboxylic acid groups (broad SMARTS) is 1. The van der Waals surface area contributed by atoms with Crippen molar-refractivity contribution in [1.29, 1.82) is 0 Å². The molecule has 0 saturated heterocycles. The molecule has 0 fully saturated rings. The minimum atomic E-state index is -1.86. The van der Waals surface area contributed by atoms with E-state index in [9.17, 15) is 24.9 Å². The molecule has 37 heavy (non-hydrogen) atoms. The Morgan fingerprint density at radius 1 is 1.14 bits per heavy atom. The van der Waals surface area contributed by atoms with E-state index >= 15 is 0 Å². The number of ether oxygens (including phenoxy) is 2. The molecule has 1 atom stereocenters. The molecule has 2 aromatic carbocycles. The molecule has 1 aromatic heterocycles. The standard InChI is InChI=1S/C28H28N2O7/c1-28(27(34)35)20(14-31)26(33)24-22(32)7-5-15-11-21-16(8-9-29-21)10-19(15)25(24)30(28)13-17-4-6-18(36-2)12-23(17)37-3/h4,6,8-12,29,31,33H,5,7,13-14H2,1-3H3,(H,34,35). The average molecular weight is 505 g/mol. The number of hydrogen-bond acceptors (Lipinski definition) is 7. The molecule has 0 amide bonds. The third kappa shape index (κ3) is 3.65. The lowest BCUT2D eigenvalue weighted by atomic mass is 9.80. The number of nitrogens with one attached hydrogen (secondary N) is 1. The molecule has 3 aromatic rings. The predicted molar refractivity (Wildman–Crippen MR) is 136 cm³/mol. The number of carbonyl (C=O) groups excluding carboxylic acids is 1. The quantitative estimate of drug-likeness (QED) is 0.401. The maximum atomic E-state index is 13.4. The van der Waals surface area contributed by atoms with Gasteiger partial charge in [-0.15, -0.1) is 0 Å². The second kappa shape index (κ2) is 9.01. The molecule has 0 saturated carbocycles. The first-order valence-corrected chi connectivity index (χ1v) is 11.9. The van der Waals surface area contributed by atoms with Gasteiger partial charge >= 0.3 is 5.97 Å². The van der Waals surface area contributed by atoms with Gasteiger partial charge < -0.3 is 34.7 Å². The van der Waals surface area contributed by atoms with Crippen LogP contribution in [0, 0.1) is 0 Å². The van der Waals surface area contributed by atoms with E-state index in [-0.39, 0.29) is 29.9 Å². The Labute approximate surface area is 213 Å². The Morgan fingerprint density at radius 3 is 2.59 bits per heavy atom. The maximum Gasteiger partial charge on any atom is 0.333 e. The minimum Gasteiger partial charge on any atom is -0.507 e. The highest BCUT2D eigenvalue weighted by molar-refractivity contribution is 6.10. The molecule has 0 bridgehead atoms. The number of aliphatic hydroxyl groups is 2. The van der Waals surface area contributed by atoms with Crippen LogP contribution in [-0.4, -0.2) is 63.3 Å². The van der Waals surface area contributed by atoms with Gasteiger partial charge in [-0.1, -0.05) is 0 Å². The van der Waals surface area contributed by atoms with E-state index in [1.165, 1.54) is 21.1 Å². The number of carboxylic acids is 1. The fourth-order valence-corrected chi connectivity index (χ4v) is 5.37. The van der Waals surface area contributed by atoms with Gasteiger partial charge in [0.2, 0.25) is 0 Å². The van der Waals surface area contributed by atoms with E-state index in [2.05, 4.69) is 4.98 Å². The molecule has 4 N–H and O–H groups in total. The molecule has 192 valence electrons. The summed E-state index contributed by atoms with van der Waals surface area (Å²) < 4.78 is 10.9. The van der Waals surface area contributed by atoms with Crippen LogP contribution in [-0.2, 0) is 22.6 Å². The first-order valence-electron chi connectivity index (χ1n) is 11.9. The second-order valence-corrected chi connectivity index (χ2v) is 9.35. The highest BCUT2D eigenvalue weighted by Gasteiger charge is 2.52. The number of aryl methyl sites for hydroxylation is 1. The number of aromatic amines is 1. The average Bonchev–Trinajstić information content (AvgIpc) is 3.30. The molecule has 5 rings (SSSR count). The first kappa shape index (κ1) is 24.5. The van der Waals surface area contributed by atoms with Gasteiger partial charge in [-0.25, -0.2) is 4.79 Å². The predicted octanol–water partition coefficient (Wildman–Crippen LogP) is 3.58. The Morgan fingerprint density at radius 2 is 1.92 bits per heavy atom. The fourth-order valence-electron chi connectivity index (χ4n) is 5.37. The van der Waals surface area contributed by atoms with E-state index in [0.29, 0.717) is 34.7 Å². The van der Waals surface area contributed by atoms with Crippen molar-refractivity contribution in [3.05, 3.63) is 76.2 Å². The summed E-state index contributed by atoms with van der Waals surface area (Å²) in [5.74, 6) is -1.04. The molecule has 0 spiro atoms. The van der Waals surface area contributed by atoms with E-state index < -0.39 is 23.9 Å². The smallest absolute Gasteiger partial charge is 0.333 e. The molecule has 2 heterocycles. The highest BCUT2D eigenvalue weighted by atomic mass is 16.5. The maximum absolute atomic E-state index is 13.4. The number of aliphatic hydroxyl groups excluding tert-OH is 2. The Bertz CT molecular complexity index is 1500. The van der Waals surface area contributed by atoms with Crippen molar-refractivity contribution in [2.75, 3.05) is 20.8 Å². The number of allylic oxidation sites excluding steroid dienone is 1. The molecule has 1 aliphatic carbocycles. The van der Waals surface area contributed by atoms with Gasteiger partial charge in [0, 0.05) is 52.8 Å². The number of rotatable bonds is 6. The number of methoxy groups -OCH3 is 2. The number of aromatic nitrogens is 1. The monoisotopic (exact) mass is 504 g/mol. The topological polar surface area (TPSA) is 132 Å². The number of benzene rings is 2. The molecular formula is C28H28N2O7. The van der Waals surface area contributed by atoms with E-state index in [1.807, 2.05) is 24.4 Å². The van der Waals surface area contributed by atoms with Crippen LogP contribution < -0.4 is 9.47 Å². The summed E-state index contributed by atoms with van der Waals surface area (Å²) in [5.41, 5.74) is 1.38. The number of hydrogen-bond donors (Lipinski definition) is 4. The third-order valence-electron chi connectivity index (χ3n) is 7.49. The largest absolute Gasteiger partial charge is 0.507 e. The van der Waals surface area contributed by atoms with Crippen LogP contribution in [0.5, 0.6) is 11.5 Å². The molecule has 2 aliphatic rings. The molecular weight excluding hydrogens is 476 g/mol. The lowest BCUT2D eigenvalue weighted by molar-refractivity contribution is -0.147. The number of carbonyl (C=O) groups is 2. The van der Waals surface area contributed by atoms with Gasteiger partial charge in [-0.2, -0.15) is 0 Å². The van der Waals surface area contributed by atoms with E-state index in [1.54, 1.807) is 23.1 Å². The van der Waals surface area contributed by atoms with Crippen molar-refractivity contribution in [3.63, 3.8) is 0 Å². The summed E-state index contributed by atoms with van der Waals surface area (Å²) in [6.07, 6.45) is 2.36. The number of H-pyrrole nitrogens is 1. The SMILES string of the molecule is COc1ccc(CN2C3=C(C(=O)CCc4cc5[nH]ccc5cc43)C(O)=C(CO)C2(C)C(=O)O)c(OC)c1.